The van der Waals surface area contributed by atoms with Gasteiger partial charge in [-0.25, -0.2) is 4.68 Å². The van der Waals surface area contributed by atoms with E-state index in [2.05, 4.69) is 48.4 Å². The summed E-state index contributed by atoms with van der Waals surface area (Å²) in [6.45, 7) is 6.52. The minimum atomic E-state index is -0.489. The lowest BCUT2D eigenvalue weighted by molar-refractivity contribution is -0.115. The second-order valence-corrected chi connectivity index (χ2v) is 9.20. The summed E-state index contributed by atoms with van der Waals surface area (Å²) in [6, 6.07) is 15.5. The number of amides is 1. The molecule has 0 fully saturated rings. The first-order valence-electron chi connectivity index (χ1n) is 11.1. The van der Waals surface area contributed by atoms with E-state index >= 15 is 0 Å². The maximum absolute atomic E-state index is 12.4. The van der Waals surface area contributed by atoms with Crippen molar-refractivity contribution < 1.29 is 9.53 Å². The third kappa shape index (κ3) is 5.22. The van der Waals surface area contributed by atoms with Crippen molar-refractivity contribution in [3.63, 3.8) is 0 Å². The molecule has 2 aromatic carbocycles. The summed E-state index contributed by atoms with van der Waals surface area (Å²) in [6.07, 6.45) is 2.21. The van der Waals surface area contributed by atoms with Crippen LogP contribution in [0, 0.1) is 6.92 Å². The van der Waals surface area contributed by atoms with Gasteiger partial charge in [0.1, 0.15) is 18.4 Å². The molecule has 0 saturated heterocycles. The molecule has 1 aliphatic rings. The predicted octanol–water partition coefficient (Wildman–Crippen LogP) is 4.83. The Balaban J connectivity index is 1.63. The SMILES string of the molecule is CCCCSc1nc2n(n1)C(c1cccc(OCc3ccc(C)cc3)c1)C(C(N)=O)=C(C)N2. The number of benzene rings is 2. The zero-order valence-corrected chi connectivity index (χ0v) is 20.0. The van der Waals surface area contributed by atoms with Crippen LogP contribution in [0.5, 0.6) is 5.75 Å². The first-order valence-corrected chi connectivity index (χ1v) is 12.1. The first-order chi connectivity index (χ1) is 16.0. The molecule has 0 saturated carbocycles. The standard InChI is InChI=1S/C25H29N5O2S/c1-4-5-13-33-25-28-24-27-17(3)21(23(26)31)22(30(24)29-25)19-7-6-8-20(14-19)32-15-18-11-9-16(2)10-12-18/h6-12,14,22H,4-5,13,15H2,1-3H3,(H2,26,31)(H,27,28,29). The number of carbonyl (C=O) groups is 1. The Bertz CT molecular complexity index is 1170. The van der Waals surface area contributed by atoms with Gasteiger partial charge in [-0.1, -0.05) is 67.1 Å². The highest BCUT2D eigenvalue weighted by Crippen LogP contribution is 2.37. The van der Waals surface area contributed by atoms with Crippen molar-refractivity contribution in [3.05, 3.63) is 76.5 Å². The Morgan fingerprint density at radius 1 is 1.21 bits per heavy atom. The number of thioether (sulfide) groups is 1. The molecule has 2 heterocycles. The molecular formula is C25H29N5O2S. The molecule has 1 amide bonds. The van der Waals surface area contributed by atoms with Gasteiger partial charge >= 0.3 is 0 Å². The quantitative estimate of drug-likeness (QED) is 0.349. The van der Waals surface area contributed by atoms with Crippen LogP contribution < -0.4 is 15.8 Å². The van der Waals surface area contributed by atoms with Crippen molar-refractivity contribution >= 4 is 23.6 Å². The minimum Gasteiger partial charge on any atom is -0.489 e. The van der Waals surface area contributed by atoms with Crippen molar-refractivity contribution in [1.29, 1.82) is 0 Å². The number of aryl methyl sites for hydroxylation is 1. The number of unbranched alkanes of at least 4 members (excludes halogenated alkanes) is 1. The number of fused-ring (bicyclic) bond motifs is 1. The van der Waals surface area contributed by atoms with Crippen molar-refractivity contribution in [2.75, 3.05) is 11.1 Å². The molecule has 33 heavy (non-hydrogen) atoms. The number of nitrogens with one attached hydrogen (secondary N) is 1. The van der Waals surface area contributed by atoms with Crippen LogP contribution in [-0.2, 0) is 11.4 Å². The van der Waals surface area contributed by atoms with Crippen molar-refractivity contribution in [2.24, 2.45) is 5.73 Å². The van der Waals surface area contributed by atoms with Gasteiger partial charge in [-0.05, 0) is 43.5 Å². The molecule has 1 atom stereocenters. The molecule has 0 aliphatic carbocycles. The van der Waals surface area contributed by atoms with Gasteiger partial charge < -0.3 is 15.8 Å². The molecule has 0 bridgehead atoms. The van der Waals surface area contributed by atoms with Crippen molar-refractivity contribution in [3.8, 4) is 5.75 Å². The van der Waals surface area contributed by atoms with Gasteiger partial charge in [0, 0.05) is 11.4 Å². The highest BCUT2D eigenvalue weighted by molar-refractivity contribution is 7.99. The van der Waals surface area contributed by atoms with Crippen LogP contribution in [0.2, 0.25) is 0 Å². The molecule has 0 spiro atoms. The number of anilines is 1. The summed E-state index contributed by atoms with van der Waals surface area (Å²) in [4.78, 5) is 17.1. The Morgan fingerprint density at radius 3 is 2.73 bits per heavy atom. The second kappa shape index (κ2) is 10.1. The van der Waals surface area contributed by atoms with E-state index in [9.17, 15) is 4.79 Å². The van der Waals surface area contributed by atoms with Crippen LogP contribution in [0.1, 0.15) is 49.4 Å². The molecule has 3 aromatic rings. The largest absolute Gasteiger partial charge is 0.489 e. The normalized spacial score (nSPS) is 15.2. The van der Waals surface area contributed by atoms with E-state index in [-0.39, 0.29) is 0 Å². The van der Waals surface area contributed by atoms with Gasteiger partial charge in [-0.3, -0.25) is 4.79 Å². The van der Waals surface area contributed by atoms with Crippen LogP contribution in [0.15, 0.2) is 65.0 Å². The molecule has 8 heteroatoms. The average molecular weight is 464 g/mol. The highest BCUT2D eigenvalue weighted by Gasteiger charge is 2.33. The minimum absolute atomic E-state index is 0.459. The third-order valence-electron chi connectivity index (χ3n) is 5.53. The van der Waals surface area contributed by atoms with E-state index in [4.69, 9.17) is 15.6 Å². The Labute approximate surface area is 198 Å². The fraction of sp³-hybridized carbons (Fsp3) is 0.320. The fourth-order valence-corrected chi connectivity index (χ4v) is 4.67. The number of primary amides is 1. The van der Waals surface area contributed by atoms with Crippen LogP contribution >= 0.6 is 11.8 Å². The summed E-state index contributed by atoms with van der Waals surface area (Å²) in [5, 5.41) is 8.58. The van der Waals surface area contributed by atoms with E-state index < -0.39 is 11.9 Å². The van der Waals surface area contributed by atoms with Gasteiger partial charge in [0.2, 0.25) is 17.0 Å². The Morgan fingerprint density at radius 2 is 2.00 bits per heavy atom. The average Bonchev–Trinajstić information content (AvgIpc) is 3.20. The van der Waals surface area contributed by atoms with Crippen LogP contribution in [0.25, 0.3) is 0 Å². The topological polar surface area (TPSA) is 95.1 Å². The number of rotatable bonds is 9. The fourth-order valence-electron chi connectivity index (χ4n) is 3.75. The van der Waals surface area contributed by atoms with Crippen molar-refractivity contribution in [1.82, 2.24) is 14.8 Å². The Hall–Kier alpha value is -3.26. The summed E-state index contributed by atoms with van der Waals surface area (Å²) in [7, 11) is 0. The van der Waals surface area contributed by atoms with E-state index in [1.54, 1.807) is 16.4 Å². The lowest BCUT2D eigenvalue weighted by Gasteiger charge is -2.27. The lowest BCUT2D eigenvalue weighted by atomic mass is 9.95. The third-order valence-corrected chi connectivity index (χ3v) is 6.45. The summed E-state index contributed by atoms with van der Waals surface area (Å²) in [5.41, 5.74) is 10.1. The summed E-state index contributed by atoms with van der Waals surface area (Å²) < 4.78 is 7.80. The molecule has 172 valence electrons. The van der Waals surface area contributed by atoms with Gasteiger partial charge in [0.25, 0.3) is 0 Å². The number of hydrogen-bond donors (Lipinski definition) is 2. The number of carbonyl (C=O) groups excluding carboxylic acids is 1. The van der Waals surface area contributed by atoms with Gasteiger partial charge in [0.15, 0.2) is 0 Å². The summed E-state index contributed by atoms with van der Waals surface area (Å²) in [5.74, 6) is 1.78. The monoisotopic (exact) mass is 463 g/mol. The second-order valence-electron chi connectivity index (χ2n) is 8.14. The van der Waals surface area contributed by atoms with E-state index in [0.717, 1.165) is 29.7 Å². The van der Waals surface area contributed by atoms with Crippen molar-refractivity contribution in [2.45, 2.75) is 51.4 Å². The van der Waals surface area contributed by atoms with E-state index in [1.807, 2.05) is 31.2 Å². The zero-order chi connectivity index (χ0) is 23.4. The van der Waals surface area contributed by atoms with Crippen LogP contribution in [0.3, 0.4) is 0 Å². The predicted molar refractivity (Wildman–Crippen MR) is 131 cm³/mol. The molecule has 0 radical (unpaired) electrons. The molecule has 3 N–H and O–H groups in total. The number of allylic oxidation sites excluding steroid dienone is 1. The first kappa shape index (κ1) is 22.9. The maximum atomic E-state index is 12.4. The van der Waals surface area contributed by atoms with Gasteiger partial charge in [-0.2, -0.15) is 4.98 Å². The van der Waals surface area contributed by atoms with Crippen LogP contribution in [0.4, 0.5) is 5.95 Å². The van der Waals surface area contributed by atoms with E-state index in [0.29, 0.717) is 34.7 Å². The molecular weight excluding hydrogens is 434 g/mol. The number of hydrogen-bond acceptors (Lipinski definition) is 6. The number of nitrogens with two attached hydrogens (primary N) is 1. The van der Waals surface area contributed by atoms with Gasteiger partial charge in [0.05, 0.1) is 5.57 Å². The molecule has 4 rings (SSSR count). The molecule has 1 aromatic heterocycles. The maximum Gasteiger partial charge on any atom is 0.248 e. The number of nitrogens with zero attached hydrogens (tertiary/aromatic N) is 3. The molecule has 1 unspecified atom stereocenters. The zero-order valence-electron chi connectivity index (χ0n) is 19.2. The summed E-state index contributed by atoms with van der Waals surface area (Å²) >= 11 is 1.61. The molecule has 1 aliphatic heterocycles. The highest BCUT2D eigenvalue weighted by atomic mass is 32.2. The smallest absolute Gasteiger partial charge is 0.248 e. The Kier molecular flexibility index (Phi) is 7.03. The lowest BCUT2D eigenvalue weighted by Crippen LogP contribution is -2.31. The number of aromatic nitrogens is 3. The number of ether oxygens (including phenoxy) is 1. The van der Waals surface area contributed by atoms with E-state index in [1.165, 1.54) is 5.56 Å². The van der Waals surface area contributed by atoms with Crippen LogP contribution in [-0.4, -0.2) is 26.4 Å². The molecule has 7 nitrogen and oxygen atoms in total. The van der Waals surface area contributed by atoms with Gasteiger partial charge in [-0.15, -0.1) is 5.10 Å².